The first kappa shape index (κ1) is 19.0. The highest BCUT2D eigenvalue weighted by atomic mass is 35.5. The molecule has 1 aromatic heterocycles. The van der Waals surface area contributed by atoms with Gasteiger partial charge in [0.25, 0.3) is 11.5 Å². The van der Waals surface area contributed by atoms with Crippen LogP contribution < -0.4 is 15.6 Å². The molecule has 1 heterocycles. The van der Waals surface area contributed by atoms with Gasteiger partial charge in [-0.2, -0.15) is 0 Å². The molecule has 0 radical (unpaired) electrons. The molecule has 2 aromatic carbocycles. The Morgan fingerprint density at radius 1 is 1.15 bits per heavy atom. The molecule has 0 bridgehead atoms. The molecule has 0 fully saturated rings. The van der Waals surface area contributed by atoms with E-state index in [1.807, 2.05) is 26.0 Å². The lowest BCUT2D eigenvalue weighted by Gasteiger charge is -2.09. The van der Waals surface area contributed by atoms with Crippen molar-refractivity contribution in [1.82, 2.24) is 10.3 Å². The van der Waals surface area contributed by atoms with Crippen molar-refractivity contribution in [3.63, 3.8) is 0 Å². The molecular weight excluding hydrogens is 364 g/mol. The average Bonchev–Trinajstić information content (AvgIpc) is 2.64. The topological polar surface area (TPSA) is 71.2 Å². The molecule has 5 nitrogen and oxygen atoms in total. The third-order valence-electron chi connectivity index (χ3n) is 4.64. The second kappa shape index (κ2) is 7.84. The van der Waals surface area contributed by atoms with Crippen LogP contribution in [-0.2, 0) is 6.42 Å². The van der Waals surface area contributed by atoms with Gasteiger partial charge in [0.05, 0.1) is 17.6 Å². The fourth-order valence-electron chi connectivity index (χ4n) is 2.89. The minimum absolute atomic E-state index is 0.149. The van der Waals surface area contributed by atoms with Crippen molar-refractivity contribution in [1.29, 1.82) is 0 Å². The Morgan fingerprint density at radius 3 is 2.63 bits per heavy atom. The molecule has 3 aromatic rings. The van der Waals surface area contributed by atoms with Gasteiger partial charge in [0.1, 0.15) is 5.75 Å². The van der Waals surface area contributed by atoms with Gasteiger partial charge < -0.3 is 15.0 Å². The summed E-state index contributed by atoms with van der Waals surface area (Å²) in [4.78, 5) is 27.4. The second-order valence-electron chi connectivity index (χ2n) is 6.50. The molecule has 6 heteroatoms. The van der Waals surface area contributed by atoms with E-state index in [1.54, 1.807) is 31.4 Å². The zero-order valence-electron chi connectivity index (χ0n) is 15.5. The van der Waals surface area contributed by atoms with E-state index in [-0.39, 0.29) is 11.5 Å². The number of aryl methyl sites for hydroxylation is 2. The molecule has 0 aliphatic carbocycles. The Labute approximate surface area is 162 Å². The van der Waals surface area contributed by atoms with E-state index >= 15 is 0 Å². The summed E-state index contributed by atoms with van der Waals surface area (Å²) >= 11 is 6.10. The maximum atomic E-state index is 12.3. The van der Waals surface area contributed by atoms with E-state index < -0.39 is 0 Å². The number of benzene rings is 2. The largest absolute Gasteiger partial charge is 0.495 e. The van der Waals surface area contributed by atoms with Crippen LogP contribution in [0.25, 0.3) is 10.9 Å². The molecule has 2 N–H and O–H groups in total. The number of ether oxygens (including phenoxy) is 1. The van der Waals surface area contributed by atoms with Gasteiger partial charge in [-0.15, -0.1) is 0 Å². The summed E-state index contributed by atoms with van der Waals surface area (Å²) in [7, 11) is 1.54. The molecule has 0 aliphatic heterocycles. The number of aromatic amines is 1. The molecule has 1 amide bonds. The molecule has 0 spiro atoms. The van der Waals surface area contributed by atoms with E-state index in [0.29, 0.717) is 40.4 Å². The number of hydrogen-bond donors (Lipinski definition) is 2. The van der Waals surface area contributed by atoms with E-state index in [4.69, 9.17) is 16.3 Å². The number of fused-ring (bicyclic) bond motifs is 1. The predicted octanol–water partition coefficient (Wildman–Crippen LogP) is 3.78. The number of halogens is 1. The molecule has 0 unspecified atom stereocenters. The molecule has 0 saturated heterocycles. The quantitative estimate of drug-likeness (QED) is 0.703. The van der Waals surface area contributed by atoms with Crippen LogP contribution in [0.3, 0.4) is 0 Å². The van der Waals surface area contributed by atoms with Crippen molar-refractivity contribution >= 4 is 28.4 Å². The van der Waals surface area contributed by atoms with Crippen LogP contribution in [0, 0.1) is 13.8 Å². The molecule has 0 aliphatic rings. The number of rotatable bonds is 5. The summed E-state index contributed by atoms with van der Waals surface area (Å²) in [5.41, 5.74) is 3.88. The van der Waals surface area contributed by atoms with Crippen LogP contribution in [0.2, 0.25) is 5.02 Å². The smallest absolute Gasteiger partial charge is 0.251 e. The van der Waals surface area contributed by atoms with Gasteiger partial charge >= 0.3 is 0 Å². The van der Waals surface area contributed by atoms with Crippen LogP contribution in [-0.4, -0.2) is 24.5 Å². The van der Waals surface area contributed by atoms with E-state index in [1.165, 1.54) is 0 Å². The lowest BCUT2D eigenvalue weighted by Crippen LogP contribution is -2.27. The third-order valence-corrected chi connectivity index (χ3v) is 4.94. The molecule has 0 atom stereocenters. The molecule has 27 heavy (non-hydrogen) atoms. The summed E-state index contributed by atoms with van der Waals surface area (Å²) in [6.07, 6.45) is 0.423. The normalized spacial score (nSPS) is 10.8. The predicted molar refractivity (Wildman–Crippen MR) is 108 cm³/mol. The first-order valence-corrected chi connectivity index (χ1v) is 9.01. The number of aromatic nitrogens is 1. The fraction of sp³-hybridized carbons (Fsp3) is 0.238. The monoisotopic (exact) mass is 384 g/mol. The fourth-order valence-corrected chi connectivity index (χ4v) is 3.13. The van der Waals surface area contributed by atoms with Gasteiger partial charge in [-0.1, -0.05) is 17.7 Å². The van der Waals surface area contributed by atoms with Crippen molar-refractivity contribution < 1.29 is 9.53 Å². The van der Waals surface area contributed by atoms with E-state index in [2.05, 4.69) is 10.3 Å². The van der Waals surface area contributed by atoms with Gasteiger partial charge in [0.15, 0.2) is 0 Å². The second-order valence-corrected chi connectivity index (χ2v) is 6.91. The molecule has 3 rings (SSSR count). The van der Waals surface area contributed by atoms with Gasteiger partial charge in [-0.25, -0.2) is 0 Å². The number of H-pyrrole nitrogens is 1. The number of hydrogen-bond acceptors (Lipinski definition) is 3. The third kappa shape index (κ3) is 4.14. The lowest BCUT2D eigenvalue weighted by molar-refractivity contribution is 0.0954. The van der Waals surface area contributed by atoms with Crippen LogP contribution in [0.5, 0.6) is 5.75 Å². The Hall–Kier alpha value is -2.79. The minimum Gasteiger partial charge on any atom is -0.495 e. The standard InChI is InChI=1S/C21H21ClN2O3/c1-12-4-5-14(8-13(12)2)20(25)23-7-6-15-9-16-10-19(27-3)17(22)11-18(16)24-21(15)26/h4-5,8-11H,6-7H2,1-3H3,(H,23,25)(H,24,26). The average molecular weight is 385 g/mol. The Balaban J connectivity index is 1.73. The molecule has 140 valence electrons. The summed E-state index contributed by atoms with van der Waals surface area (Å²) < 4.78 is 5.22. The van der Waals surface area contributed by atoms with Crippen LogP contribution in [0.1, 0.15) is 27.0 Å². The number of methoxy groups -OCH3 is 1. The van der Waals surface area contributed by atoms with Crippen molar-refractivity contribution in [2.75, 3.05) is 13.7 Å². The van der Waals surface area contributed by atoms with Gasteiger partial charge in [0.2, 0.25) is 0 Å². The van der Waals surface area contributed by atoms with Crippen LogP contribution in [0.4, 0.5) is 0 Å². The van der Waals surface area contributed by atoms with Crippen molar-refractivity contribution in [2.24, 2.45) is 0 Å². The lowest BCUT2D eigenvalue weighted by atomic mass is 10.1. The van der Waals surface area contributed by atoms with Gasteiger partial charge in [0, 0.05) is 23.1 Å². The summed E-state index contributed by atoms with van der Waals surface area (Å²) in [6, 6.07) is 10.8. The Bertz CT molecular complexity index is 1070. The van der Waals surface area contributed by atoms with Gasteiger partial charge in [-0.3, -0.25) is 9.59 Å². The first-order valence-electron chi connectivity index (χ1n) is 8.64. The first-order chi connectivity index (χ1) is 12.9. The van der Waals surface area contributed by atoms with E-state index in [0.717, 1.165) is 16.5 Å². The maximum absolute atomic E-state index is 12.3. The Kier molecular flexibility index (Phi) is 5.51. The highest BCUT2D eigenvalue weighted by molar-refractivity contribution is 6.32. The van der Waals surface area contributed by atoms with Crippen molar-refractivity contribution in [2.45, 2.75) is 20.3 Å². The number of pyridine rings is 1. The highest BCUT2D eigenvalue weighted by Crippen LogP contribution is 2.28. The van der Waals surface area contributed by atoms with Crippen molar-refractivity contribution in [3.8, 4) is 5.75 Å². The summed E-state index contributed by atoms with van der Waals surface area (Å²) in [5.74, 6) is 0.397. The SMILES string of the molecule is COc1cc2cc(CCNC(=O)c3ccc(C)c(C)c3)c(=O)[nH]c2cc1Cl. The number of carbonyl (C=O) groups is 1. The number of amides is 1. The maximum Gasteiger partial charge on any atom is 0.251 e. The summed E-state index contributed by atoms with van der Waals surface area (Å²) in [5, 5.41) is 4.13. The van der Waals surface area contributed by atoms with Gasteiger partial charge in [-0.05, 0) is 61.7 Å². The minimum atomic E-state index is -0.191. The zero-order valence-corrected chi connectivity index (χ0v) is 16.2. The van der Waals surface area contributed by atoms with Crippen LogP contribution >= 0.6 is 11.6 Å². The number of carbonyl (C=O) groups excluding carboxylic acids is 1. The molecular formula is C21H21ClN2O3. The Morgan fingerprint density at radius 2 is 1.93 bits per heavy atom. The highest BCUT2D eigenvalue weighted by Gasteiger charge is 2.09. The van der Waals surface area contributed by atoms with E-state index in [9.17, 15) is 9.59 Å². The number of nitrogens with one attached hydrogen (secondary N) is 2. The zero-order chi connectivity index (χ0) is 19.6. The molecule has 0 saturated carbocycles. The van der Waals surface area contributed by atoms with Crippen LogP contribution in [0.15, 0.2) is 41.2 Å². The summed E-state index contributed by atoms with van der Waals surface area (Å²) in [6.45, 7) is 4.34. The van der Waals surface area contributed by atoms with Crippen molar-refractivity contribution in [3.05, 3.63) is 74.0 Å².